The molecule has 0 unspecified atom stereocenters. The Bertz CT molecular complexity index is 2050. The van der Waals surface area contributed by atoms with Crippen molar-refractivity contribution in [3.63, 3.8) is 0 Å². The number of likely N-dealkylation sites (tertiary alicyclic amines) is 1. The van der Waals surface area contributed by atoms with E-state index in [4.69, 9.17) is 0 Å². The molecule has 274 valence electrons. The largest absolute Gasteiger partial charge is 0.416 e. The Labute approximate surface area is 295 Å². The van der Waals surface area contributed by atoms with E-state index < -0.39 is 41.5 Å². The van der Waals surface area contributed by atoms with E-state index in [1.54, 1.807) is 11.6 Å². The monoisotopic (exact) mass is 725 g/mol. The number of hydrogen-bond acceptors (Lipinski definition) is 7. The number of nitrogens with zero attached hydrogens (tertiary/aromatic N) is 6. The Kier molecular flexibility index (Phi) is 8.17. The summed E-state index contributed by atoms with van der Waals surface area (Å²) in [5, 5.41) is 21.4. The van der Waals surface area contributed by atoms with Gasteiger partial charge in [-0.25, -0.2) is 4.98 Å². The number of halogens is 6. The lowest BCUT2D eigenvalue weighted by Crippen LogP contribution is -2.48. The van der Waals surface area contributed by atoms with Crippen LogP contribution in [0.4, 0.5) is 38.0 Å². The van der Waals surface area contributed by atoms with Crippen LogP contribution < -0.4 is 10.2 Å². The fourth-order valence-corrected chi connectivity index (χ4v) is 8.26. The Morgan fingerprint density at radius 2 is 1.67 bits per heavy atom. The van der Waals surface area contributed by atoms with Crippen molar-refractivity contribution in [1.82, 2.24) is 24.6 Å². The van der Waals surface area contributed by atoms with Crippen molar-refractivity contribution in [2.24, 2.45) is 12.5 Å². The lowest BCUT2D eigenvalue weighted by Gasteiger charge is -2.41. The highest BCUT2D eigenvalue weighted by Crippen LogP contribution is 2.49. The minimum Gasteiger partial charge on any atom is -0.394 e. The quantitative estimate of drug-likeness (QED) is 0.182. The number of alkyl halides is 6. The van der Waals surface area contributed by atoms with E-state index in [2.05, 4.69) is 25.4 Å². The minimum absolute atomic E-state index is 0.0453. The molecule has 4 heterocycles. The number of aliphatic hydroxyl groups is 1. The summed E-state index contributed by atoms with van der Waals surface area (Å²) >= 11 is 0. The van der Waals surface area contributed by atoms with Crippen LogP contribution >= 0.6 is 0 Å². The number of aryl methyl sites for hydroxylation is 1. The van der Waals surface area contributed by atoms with Gasteiger partial charge in [0.1, 0.15) is 18.0 Å². The molecule has 0 atom stereocenters. The van der Waals surface area contributed by atoms with E-state index in [1.165, 1.54) is 30.6 Å². The van der Waals surface area contributed by atoms with Gasteiger partial charge in [0.15, 0.2) is 5.82 Å². The van der Waals surface area contributed by atoms with Crippen molar-refractivity contribution in [3.8, 4) is 22.5 Å². The molecule has 8 rings (SSSR count). The number of aliphatic hydroxyl groups excluding tert-OH is 1. The molecule has 2 aliphatic heterocycles. The number of aromatic nitrogens is 4. The van der Waals surface area contributed by atoms with Crippen LogP contribution in [0.2, 0.25) is 0 Å². The molecule has 4 aliphatic rings. The number of nitrogens with one attached hydrogen (secondary N) is 1. The summed E-state index contributed by atoms with van der Waals surface area (Å²) in [6.07, 6.45) is -1.58. The maximum Gasteiger partial charge on any atom is 0.416 e. The van der Waals surface area contributed by atoms with Gasteiger partial charge in [-0.05, 0) is 115 Å². The molecule has 1 spiro atoms. The summed E-state index contributed by atoms with van der Waals surface area (Å²) in [6.45, 7) is 1.21. The second-order valence-electron chi connectivity index (χ2n) is 14.9. The average molecular weight is 726 g/mol. The minimum atomic E-state index is -4.74. The molecule has 1 saturated heterocycles. The van der Waals surface area contributed by atoms with Gasteiger partial charge in [0.25, 0.3) is 5.91 Å². The molecule has 4 aromatic rings. The Balaban J connectivity index is 1.22. The first-order chi connectivity index (χ1) is 24.7. The molecule has 2 aromatic carbocycles. The van der Waals surface area contributed by atoms with Gasteiger partial charge in [0.05, 0.1) is 29.8 Å². The molecule has 2 aliphatic carbocycles. The van der Waals surface area contributed by atoms with Crippen molar-refractivity contribution in [3.05, 3.63) is 76.6 Å². The van der Waals surface area contributed by atoms with E-state index in [-0.39, 0.29) is 58.3 Å². The topological polar surface area (TPSA) is 99.4 Å². The van der Waals surface area contributed by atoms with Crippen LogP contribution in [0, 0.1) is 5.41 Å². The van der Waals surface area contributed by atoms with Crippen molar-refractivity contribution >= 4 is 17.5 Å². The van der Waals surface area contributed by atoms with Crippen LogP contribution in [-0.4, -0.2) is 60.9 Å². The van der Waals surface area contributed by atoms with Gasteiger partial charge in [-0.2, -0.15) is 26.3 Å². The van der Waals surface area contributed by atoms with E-state index in [1.807, 2.05) is 0 Å². The molecular formula is C37H37F6N7O2. The molecule has 1 amide bonds. The van der Waals surface area contributed by atoms with Crippen LogP contribution in [0.5, 0.6) is 0 Å². The number of amides is 1. The van der Waals surface area contributed by atoms with Crippen molar-refractivity contribution < 1.29 is 36.2 Å². The molecule has 2 saturated carbocycles. The standard InChI is InChI=1S/C37H37F6N7O2/c1-48-21-44-47-32(48)25-5-4-24(36(38,39)40)16-26(25)23-14-30(46-35(20-51)8-3-9-35)45-31(15-23)50-18-28-27(33(50)52)12-22(13-29(28)37(41,42)43)17-49-11-10-34(19-49)6-2-7-34/h4-5,12-16,21,51H,2-3,6-11,17-20H2,1H3,(H,45,46). The summed E-state index contributed by atoms with van der Waals surface area (Å²) in [5.41, 5.74) is -1.55. The second kappa shape index (κ2) is 12.3. The van der Waals surface area contributed by atoms with Crippen molar-refractivity contribution in [1.29, 1.82) is 0 Å². The molecule has 2 aromatic heterocycles. The predicted molar refractivity (Wildman–Crippen MR) is 180 cm³/mol. The number of rotatable bonds is 8. The number of hydrogen-bond donors (Lipinski definition) is 2. The fraction of sp³-hybridized carbons (Fsp3) is 0.459. The van der Waals surface area contributed by atoms with E-state index in [0.29, 0.717) is 24.0 Å². The Morgan fingerprint density at radius 3 is 2.27 bits per heavy atom. The lowest BCUT2D eigenvalue weighted by atomic mass is 9.68. The molecule has 2 N–H and O–H groups in total. The number of carbonyl (C=O) groups excluding carboxylic acids is 1. The zero-order valence-corrected chi connectivity index (χ0v) is 28.4. The van der Waals surface area contributed by atoms with Crippen LogP contribution in [0.3, 0.4) is 0 Å². The molecule has 15 heteroatoms. The Hall–Kier alpha value is -4.50. The van der Waals surface area contributed by atoms with E-state index in [0.717, 1.165) is 68.3 Å². The van der Waals surface area contributed by atoms with Crippen molar-refractivity contribution in [2.45, 2.75) is 75.9 Å². The zero-order chi connectivity index (χ0) is 36.6. The summed E-state index contributed by atoms with van der Waals surface area (Å²) in [6, 6.07) is 8.80. The number of carbonyl (C=O) groups is 1. The number of anilines is 2. The summed E-state index contributed by atoms with van der Waals surface area (Å²) in [4.78, 5) is 22.1. The van der Waals surface area contributed by atoms with Crippen LogP contribution in [0.25, 0.3) is 22.5 Å². The highest BCUT2D eigenvalue weighted by atomic mass is 19.4. The summed E-state index contributed by atoms with van der Waals surface area (Å²) in [5.74, 6) is -0.304. The third-order valence-corrected chi connectivity index (χ3v) is 11.4. The number of benzene rings is 2. The molecule has 52 heavy (non-hydrogen) atoms. The molecular weight excluding hydrogens is 688 g/mol. The van der Waals surface area contributed by atoms with E-state index >= 15 is 0 Å². The molecule has 9 nitrogen and oxygen atoms in total. The SMILES string of the molecule is Cn1cnnc1-c1ccc(C(F)(F)F)cc1-c1cc(NC2(CO)CCC2)nc(N2Cc3c(cc(CN4CCC5(CCC5)C4)cc3C(F)(F)F)C2=O)c1. The third-order valence-electron chi connectivity index (χ3n) is 11.4. The van der Waals surface area contributed by atoms with Crippen molar-refractivity contribution in [2.75, 3.05) is 29.9 Å². The smallest absolute Gasteiger partial charge is 0.394 e. The van der Waals surface area contributed by atoms with Gasteiger partial charge in [-0.15, -0.1) is 10.2 Å². The highest BCUT2D eigenvalue weighted by Gasteiger charge is 2.44. The van der Waals surface area contributed by atoms with Crippen LogP contribution in [0.15, 0.2) is 48.8 Å². The second-order valence-corrected chi connectivity index (χ2v) is 14.9. The van der Waals surface area contributed by atoms with Gasteiger partial charge >= 0.3 is 12.4 Å². The van der Waals surface area contributed by atoms with E-state index in [9.17, 15) is 36.2 Å². The first-order valence-electron chi connectivity index (χ1n) is 17.4. The van der Waals surface area contributed by atoms with Crippen LogP contribution in [0.1, 0.15) is 77.6 Å². The number of fused-ring (bicyclic) bond motifs is 1. The van der Waals surface area contributed by atoms with Gasteiger partial charge in [0, 0.05) is 31.3 Å². The fourth-order valence-electron chi connectivity index (χ4n) is 8.26. The first-order valence-corrected chi connectivity index (χ1v) is 17.4. The first kappa shape index (κ1) is 34.6. The Morgan fingerprint density at radius 1 is 0.904 bits per heavy atom. The van der Waals surface area contributed by atoms with Gasteiger partial charge in [0.2, 0.25) is 0 Å². The molecule has 0 radical (unpaired) electrons. The van der Waals surface area contributed by atoms with Gasteiger partial charge in [-0.1, -0.05) is 6.42 Å². The normalized spacial score (nSPS) is 19.5. The molecule has 0 bridgehead atoms. The summed E-state index contributed by atoms with van der Waals surface area (Å²) < 4.78 is 87.8. The maximum atomic E-state index is 14.6. The molecule has 3 fully saturated rings. The highest BCUT2D eigenvalue weighted by molar-refractivity contribution is 6.10. The summed E-state index contributed by atoms with van der Waals surface area (Å²) in [7, 11) is 1.64. The number of pyridine rings is 1. The third kappa shape index (κ3) is 6.10. The van der Waals surface area contributed by atoms with Gasteiger partial charge < -0.3 is 15.0 Å². The average Bonchev–Trinajstić information content (AvgIpc) is 3.78. The van der Waals surface area contributed by atoms with Crippen LogP contribution in [-0.2, 0) is 32.5 Å². The van der Waals surface area contributed by atoms with Gasteiger partial charge in [-0.3, -0.25) is 14.6 Å². The predicted octanol–water partition coefficient (Wildman–Crippen LogP) is 7.45. The zero-order valence-electron chi connectivity index (χ0n) is 28.4. The lowest BCUT2D eigenvalue weighted by molar-refractivity contribution is -0.138. The maximum absolute atomic E-state index is 14.6.